The van der Waals surface area contributed by atoms with Gasteiger partial charge >= 0.3 is 5.97 Å². The average Bonchev–Trinajstić information content (AvgIpc) is 2.92. The first-order valence-corrected chi connectivity index (χ1v) is 9.39. The molecule has 0 atom stereocenters. The summed E-state index contributed by atoms with van der Waals surface area (Å²) in [5.41, 5.74) is 4.05. The van der Waals surface area contributed by atoms with E-state index in [2.05, 4.69) is 27.7 Å². The highest BCUT2D eigenvalue weighted by Gasteiger charge is 2.18. The zero-order valence-corrected chi connectivity index (χ0v) is 16.4. The van der Waals surface area contributed by atoms with Crippen molar-refractivity contribution in [3.8, 4) is 0 Å². The Bertz CT molecular complexity index is 803. The quantitative estimate of drug-likeness (QED) is 0.609. The minimum Gasteiger partial charge on any atom is -0.465 e. The van der Waals surface area contributed by atoms with E-state index in [0.29, 0.717) is 15.0 Å². The van der Waals surface area contributed by atoms with E-state index in [-0.39, 0.29) is 0 Å². The van der Waals surface area contributed by atoms with Crippen LogP contribution in [0.25, 0.3) is 10.1 Å². The van der Waals surface area contributed by atoms with E-state index in [1.54, 1.807) is 0 Å². The number of carbonyl (C=O) groups is 1. The number of likely N-dealkylation sites (N-methyl/N-ethyl adjacent to an activating group) is 1. The molecule has 0 aliphatic carbocycles. The summed E-state index contributed by atoms with van der Waals surface area (Å²) in [7, 11) is 3.45. The number of nitrogens with zero attached hydrogens (tertiary/aromatic N) is 2. The molecule has 2 heterocycles. The number of hydrazine groups is 1. The molecule has 0 spiro atoms. The maximum atomic E-state index is 11.8. The van der Waals surface area contributed by atoms with Crippen LogP contribution in [0.2, 0.25) is 5.02 Å². The summed E-state index contributed by atoms with van der Waals surface area (Å²) in [5.74, 6) is -0.423. The van der Waals surface area contributed by atoms with Crippen LogP contribution in [0.5, 0.6) is 0 Å². The van der Waals surface area contributed by atoms with E-state index in [0.717, 1.165) is 42.0 Å². The Kier molecular flexibility index (Phi) is 5.75. The molecule has 0 bridgehead atoms. The number of ether oxygens (including phenoxy) is 1. The van der Waals surface area contributed by atoms with Gasteiger partial charge in [0.25, 0.3) is 0 Å². The van der Waals surface area contributed by atoms with Crippen LogP contribution in [-0.2, 0) is 4.74 Å². The summed E-state index contributed by atoms with van der Waals surface area (Å²) in [5, 5.41) is 7.08. The van der Waals surface area contributed by atoms with Gasteiger partial charge < -0.3 is 15.0 Å². The smallest absolute Gasteiger partial charge is 0.349 e. The molecule has 1 aliphatic rings. The van der Waals surface area contributed by atoms with Crippen LogP contribution in [-0.4, -0.2) is 61.3 Å². The number of fused-ring (bicyclic) bond motifs is 1. The van der Waals surface area contributed by atoms with E-state index in [9.17, 15) is 4.79 Å². The first kappa shape index (κ1) is 18.3. The number of anilines is 1. The highest BCUT2D eigenvalue weighted by atomic mass is 35.5. The minimum absolute atomic E-state index is 0.412. The van der Waals surface area contributed by atoms with Gasteiger partial charge in [-0.05, 0) is 37.5 Å². The van der Waals surface area contributed by atoms with Crippen LogP contribution in [0.1, 0.15) is 9.67 Å². The largest absolute Gasteiger partial charge is 0.465 e. The summed E-state index contributed by atoms with van der Waals surface area (Å²) >= 11 is 13.0. The average molecular weight is 399 g/mol. The summed E-state index contributed by atoms with van der Waals surface area (Å²) < 4.78 is 5.67. The lowest BCUT2D eigenvalue weighted by atomic mass is 10.2. The van der Waals surface area contributed by atoms with E-state index in [1.165, 1.54) is 18.4 Å². The lowest BCUT2D eigenvalue weighted by molar-refractivity contribution is 0.0606. The fourth-order valence-corrected chi connectivity index (χ4v) is 4.30. The number of nitrogens with one attached hydrogen (secondary N) is 2. The molecule has 1 aliphatic heterocycles. The second-order valence-corrected chi connectivity index (χ2v) is 7.64. The van der Waals surface area contributed by atoms with Gasteiger partial charge in [-0.25, -0.2) is 9.80 Å². The van der Waals surface area contributed by atoms with Crippen LogP contribution in [0.4, 0.5) is 5.69 Å². The highest BCUT2D eigenvalue weighted by Crippen LogP contribution is 2.37. The first-order valence-electron chi connectivity index (χ1n) is 7.79. The number of hydrogen-bond donors (Lipinski definition) is 2. The number of thiophene rings is 1. The Morgan fingerprint density at radius 1 is 1.32 bits per heavy atom. The third-order valence-corrected chi connectivity index (χ3v) is 5.85. The number of benzene rings is 1. The SMILES string of the molecule is COC(=O)c1sc2cc(NC(=S)NN3CCN(C)CC3)ccc2c1Cl. The number of rotatable bonds is 3. The van der Waals surface area contributed by atoms with Crippen LogP contribution >= 0.6 is 35.2 Å². The third kappa shape index (κ3) is 4.21. The van der Waals surface area contributed by atoms with Gasteiger partial charge in [0.1, 0.15) is 4.88 Å². The van der Waals surface area contributed by atoms with Gasteiger partial charge in [0.15, 0.2) is 5.11 Å². The lowest BCUT2D eigenvalue weighted by Crippen LogP contribution is -2.53. The molecule has 6 nitrogen and oxygen atoms in total. The number of methoxy groups -OCH3 is 1. The number of piperazine rings is 1. The molecule has 1 aromatic heterocycles. The monoisotopic (exact) mass is 398 g/mol. The molecule has 2 N–H and O–H groups in total. The zero-order valence-electron chi connectivity index (χ0n) is 14.0. The fraction of sp³-hybridized carbons (Fsp3) is 0.375. The van der Waals surface area contributed by atoms with E-state index >= 15 is 0 Å². The molecule has 0 saturated carbocycles. The first-order chi connectivity index (χ1) is 12.0. The molecule has 134 valence electrons. The van der Waals surface area contributed by atoms with Gasteiger partial charge in [0.05, 0.1) is 12.1 Å². The maximum Gasteiger partial charge on any atom is 0.349 e. The molecule has 1 saturated heterocycles. The van der Waals surface area contributed by atoms with Crippen molar-refractivity contribution in [3.63, 3.8) is 0 Å². The van der Waals surface area contributed by atoms with Crippen molar-refractivity contribution in [3.05, 3.63) is 28.1 Å². The fourth-order valence-electron chi connectivity index (χ4n) is 2.59. The normalized spacial score (nSPS) is 16.0. The predicted octanol–water partition coefficient (Wildman–Crippen LogP) is 2.79. The molecule has 1 aromatic carbocycles. The van der Waals surface area contributed by atoms with Crippen molar-refractivity contribution in [1.82, 2.24) is 15.3 Å². The van der Waals surface area contributed by atoms with Crippen molar-refractivity contribution in [1.29, 1.82) is 0 Å². The van der Waals surface area contributed by atoms with Gasteiger partial charge in [-0.1, -0.05) is 11.6 Å². The standard InChI is InChI=1S/C16H19ClN4O2S2/c1-20-5-7-21(8-6-20)19-16(24)18-10-3-4-11-12(9-10)25-14(13(11)17)15(22)23-2/h3-4,9H,5-8H2,1-2H3,(H2,18,19,24). The Morgan fingerprint density at radius 3 is 2.72 bits per heavy atom. The molecule has 25 heavy (non-hydrogen) atoms. The number of carbonyl (C=O) groups excluding carboxylic acids is 1. The second-order valence-electron chi connectivity index (χ2n) is 5.80. The van der Waals surface area contributed by atoms with E-state index < -0.39 is 5.97 Å². The van der Waals surface area contributed by atoms with Crippen LogP contribution in [0.15, 0.2) is 18.2 Å². The topological polar surface area (TPSA) is 56.8 Å². The summed E-state index contributed by atoms with van der Waals surface area (Å²) in [6.45, 7) is 3.85. The van der Waals surface area contributed by atoms with Gasteiger partial charge in [-0.3, -0.25) is 5.43 Å². The number of esters is 1. The van der Waals surface area contributed by atoms with Gasteiger partial charge in [-0.15, -0.1) is 11.3 Å². The number of thiocarbonyl (C=S) groups is 1. The van der Waals surface area contributed by atoms with Crippen molar-refractivity contribution in [2.45, 2.75) is 0 Å². The summed E-state index contributed by atoms with van der Waals surface area (Å²) in [6, 6.07) is 5.69. The van der Waals surface area contributed by atoms with Crippen LogP contribution < -0.4 is 10.7 Å². The highest BCUT2D eigenvalue weighted by molar-refractivity contribution is 7.80. The summed E-state index contributed by atoms with van der Waals surface area (Å²) in [4.78, 5) is 14.5. The Balaban J connectivity index is 1.69. The lowest BCUT2D eigenvalue weighted by Gasteiger charge is -2.33. The second kappa shape index (κ2) is 7.84. The number of halogens is 1. The van der Waals surface area contributed by atoms with Gasteiger partial charge in [0.2, 0.25) is 0 Å². The number of hydrogen-bond acceptors (Lipinski definition) is 6. The van der Waals surface area contributed by atoms with Crippen LogP contribution in [0.3, 0.4) is 0 Å². The van der Waals surface area contributed by atoms with Gasteiger partial charge in [-0.2, -0.15) is 0 Å². The zero-order chi connectivity index (χ0) is 18.0. The van der Waals surface area contributed by atoms with E-state index in [4.69, 9.17) is 28.6 Å². The van der Waals surface area contributed by atoms with Crippen molar-refractivity contribution in [2.75, 3.05) is 45.7 Å². The van der Waals surface area contributed by atoms with Crippen molar-refractivity contribution < 1.29 is 9.53 Å². The van der Waals surface area contributed by atoms with Gasteiger partial charge in [0, 0.05) is 42.0 Å². The molecule has 3 rings (SSSR count). The molecule has 1 fully saturated rings. The Hall–Kier alpha value is -1.45. The van der Waals surface area contributed by atoms with E-state index in [1.807, 2.05) is 18.2 Å². The molecule has 0 amide bonds. The predicted molar refractivity (Wildman–Crippen MR) is 107 cm³/mol. The maximum absolute atomic E-state index is 11.8. The van der Waals surface area contributed by atoms with Crippen LogP contribution in [0, 0.1) is 0 Å². The summed E-state index contributed by atoms with van der Waals surface area (Å²) in [6.07, 6.45) is 0. The molecule has 9 heteroatoms. The Morgan fingerprint density at radius 2 is 2.04 bits per heavy atom. The molecule has 0 radical (unpaired) electrons. The molecule has 2 aromatic rings. The molecule has 0 unspecified atom stereocenters. The minimum atomic E-state index is -0.423. The molecular formula is C16H19ClN4O2S2. The Labute approximate surface area is 160 Å². The van der Waals surface area contributed by atoms with Crippen molar-refractivity contribution in [2.24, 2.45) is 0 Å². The molecular weight excluding hydrogens is 380 g/mol. The van der Waals surface area contributed by atoms with Crippen molar-refractivity contribution >= 4 is 62.0 Å². The third-order valence-electron chi connectivity index (χ3n) is 4.02.